The van der Waals surface area contributed by atoms with Crippen molar-refractivity contribution >= 4 is 46.2 Å². The number of carbonyl (C=O) groups excluding carboxylic acids is 2. The van der Waals surface area contributed by atoms with Crippen molar-refractivity contribution < 1.29 is 9.59 Å². The fraction of sp³-hybridized carbons (Fsp3) is 0.273. The van der Waals surface area contributed by atoms with Gasteiger partial charge in [-0.15, -0.1) is 0 Å². The third kappa shape index (κ3) is 5.42. The van der Waals surface area contributed by atoms with Crippen LogP contribution in [0, 0.1) is 16.4 Å². The maximum atomic E-state index is 12.6. The number of piperidine rings is 1. The van der Waals surface area contributed by atoms with Crippen molar-refractivity contribution in [1.82, 2.24) is 4.90 Å². The van der Waals surface area contributed by atoms with E-state index in [2.05, 4.69) is 34.0 Å². The van der Waals surface area contributed by atoms with Crippen LogP contribution in [-0.2, 0) is 9.59 Å². The van der Waals surface area contributed by atoms with Crippen molar-refractivity contribution in [2.75, 3.05) is 18.4 Å². The van der Waals surface area contributed by atoms with E-state index in [0.717, 1.165) is 20.4 Å². The molecule has 4 nitrogen and oxygen atoms in total. The van der Waals surface area contributed by atoms with Gasteiger partial charge in [0.1, 0.15) is 0 Å². The molecule has 27 heavy (non-hydrogen) atoms. The number of hydrogen-bond donors (Lipinski definition) is 1. The Kier molecular flexibility index (Phi) is 6.66. The Hall–Kier alpha value is -2.15. The van der Waals surface area contributed by atoms with Gasteiger partial charge in [0.2, 0.25) is 11.8 Å². The smallest absolute Gasteiger partial charge is 0.246 e. The summed E-state index contributed by atoms with van der Waals surface area (Å²) in [6, 6.07) is 15.8. The number of aryl methyl sites for hydroxylation is 1. The summed E-state index contributed by atoms with van der Waals surface area (Å²) >= 11 is 2.26. The van der Waals surface area contributed by atoms with Crippen LogP contribution in [0.2, 0.25) is 0 Å². The van der Waals surface area contributed by atoms with Gasteiger partial charge in [-0.25, -0.2) is 0 Å². The summed E-state index contributed by atoms with van der Waals surface area (Å²) in [4.78, 5) is 26.7. The molecule has 0 unspecified atom stereocenters. The molecule has 3 rings (SSSR count). The lowest BCUT2D eigenvalue weighted by molar-refractivity contribution is -0.130. The summed E-state index contributed by atoms with van der Waals surface area (Å²) in [5.41, 5.74) is 2.94. The Balaban J connectivity index is 1.51. The molecule has 1 aliphatic heterocycles. The first-order chi connectivity index (χ1) is 13.0. The molecule has 2 aromatic carbocycles. The molecule has 0 bridgehead atoms. The predicted octanol–water partition coefficient (Wildman–Crippen LogP) is 4.49. The molecular formula is C22H23IN2O2. The van der Waals surface area contributed by atoms with Gasteiger partial charge in [-0.2, -0.15) is 0 Å². The van der Waals surface area contributed by atoms with E-state index < -0.39 is 0 Å². The van der Waals surface area contributed by atoms with Crippen molar-refractivity contribution in [2.45, 2.75) is 19.8 Å². The predicted molar refractivity (Wildman–Crippen MR) is 117 cm³/mol. The number of benzene rings is 2. The minimum Gasteiger partial charge on any atom is -0.339 e. The van der Waals surface area contributed by atoms with Gasteiger partial charge in [-0.3, -0.25) is 9.59 Å². The van der Waals surface area contributed by atoms with E-state index in [4.69, 9.17) is 0 Å². The maximum Gasteiger partial charge on any atom is 0.246 e. The van der Waals surface area contributed by atoms with Crippen LogP contribution in [0.1, 0.15) is 24.0 Å². The highest BCUT2D eigenvalue weighted by Gasteiger charge is 2.26. The van der Waals surface area contributed by atoms with E-state index in [1.54, 1.807) is 6.08 Å². The Labute approximate surface area is 173 Å². The molecular weight excluding hydrogens is 451 g/mol. The molecule has 0 saturated carbocycles. The number of halogens is 1. The van der Waals surface area contributed by atoms with Gasteiger partial charge in [-0.05, 0) is 77.8 Å². The minimum atomic E-state index is -0.0502. The fourth-order valence-corrected chi connectivity index (χ4v) is 3.85. The second-order valence-electron chi connectivity index (χ2n) is 6.79. The van der Waals surface area contributed by atoms with Crippen molar-refractivity contribution in [3.63, 3.8) is 0 Å². The van der Waals surface area contributed by atoms with E-state index in [1.165, 1.54) is 0 Å². The molecule has 1 saturated heterocycles. The molecule has 0 aliphatic carbocycles. The molecule has 1 N–H and O–H groups in total. The highest BCUT2D eigenvalue weighted by molar-refractivity contribution is 14.1. The largest absolute Gasteiger partial charge is 0.339 e. The van der Waals surface area contributed by atoms with Crippen molar-refractivity contribution in [2.24, 2.45) is 5.92 Å². The Morgan fingerprint density at radius 3 is 2.48 bits per heavy atom. The second-order valence-corrected chi connectivity index (χ2v) is 8.04. The highest BCUT2D eigenvalue weighted by atomic mass is 127. The number of likely N-dealkylation sites (tertiary alicyclic amines) is 1. The van der Waals surface area contributed by atoms with Crippen LogP contribution in [0.4, 0.5) is 5.69 Å². The molecule has 0 spiro atoms. The molecule has 2 amide bonds. The van der Waals surface area contributed by atoms with E-state index >= 15 is 0 Å². The molecule has 0 atom stereocenters. The summed E-state index contributed by atoms with van der Waals surface area (Å²) in [7, 11) is 0. The van der Waals surface area contributed by atoms with Crippen molar-refractivity contribution in [3.05, 3.63) is 69.3 Å². The van der Waals surface area contributed by atoms with Crippen LogP contribution in [0.25, 0.3) is 6.08 Å². The number of amides is 2. The summed E-state index contributed by atoms with van der Waals surface area (Å²) in [6.45, 7) is 3.22. The summed E-state index contributed by atoms with van der Waals surface area (Å²) < 4.78 is 1.15. The van der Waals surface area contributed by atoms with Crippen LogP contribution in [-0.4, -0.2) is 29.8 Å². The average Bonchev–Trinajstić information content (AvgIpc) is 2.69. The van der Waals surface area contributed by atoms with E-state index in [1.807, 2.05) is 60.4 Å². The zero-order valence-electron chi connectivity index (χ0n) is 15.3. The van der Waals surface area contributed by atoms with Gasteiger partial charge >= 0.3 is 0 Å². The topological polar surface area (TPSA) is 49.4 Å². The van der Waals surface area contributed by atoms with Gasteiger partial charge < -0.3 is 10.2 Å². The zero-order chi connectivity index (χ0) is 19.2. The molecule has 1 fully saturated rings. The fourth-order valence-electron chi connectivity index (χ4n) is 3.20. The summed E-state index contributed by atoms with van der Waals surface area (Å²) in [5.74, 6) is 0.00301. The number of rotatable bonds is 4. The third-order valence-electron chi connectivity index (χ3n) is 4.84. The lowest BCUT2D eigenvalue weighted by Gasteiger charge is -2.30. The van der Waals surface area contributed by atoms with E-state index in [-0.39, 0.29) is 17.7 Å². The first-order valence-electron chi connectivity index (χ1n) is 9.12. The number of nitrogens with zero attached hydrogens (tertiary/aromatic N) is 1. The monoisotopic (exact) mass is 474 g/mol. The summed E-state index contributed by atoms with van der Waals surface area (Å²) in [6.07, 6.45) is 4.84. The first-order valence-corrected chi connectivity index (χ1v) is 10.2. The molecule has 1 aliphatic rings. The van der Waals surface area contributed by atoms with Gasteiger partial charge in [0.25, 0.3) is 0 Å². The van der Waals surface area contributed by atoms with Crippen molar-refractivity contribution in [1.29, 1.82) is 0 Å². The van der Waals surface area contributed by atoms with Gasteiger partial charge in [0.05, 0.1) is 0 Å². The molecule has 0 radical (unpaired) electrons. The van der Waals surface area contributed by atoms with Gasteiger partial charge in [0, 0.05) is 34.3 Å². The molecule has 2 aromatic rings. The normalized spacial score (nSPS) is 15.1. The Morgan fingerprint density at radius 2 is 1.81 bits per heavy atom. The van der Waals surface area contributed by atoms with Gasteiger partial charge in [-0.1, -0.05) is 30.3 Å². The standard InChI is InChI=1S/C22H23IN2O2/c1-16-15-19(23)8-9-20(16)24-22(27)18-11-13-25(14-12-18)21(26)10-7-17-5-3-2-4-6-17/h2-10,15,18H,11-14H2,1H3,(H,24,27)/b10-7+. The average molecular weight is 474 g/mol. The number of carbonyl (C=O) groups is 2. The van der Waals surface area contributed by atoms with Gasteiger partial charge in [0.15, 0.2) is 0 Å². The number of anilines is 1. The highest BCUT2D eigenvalue weighted by Crippen LogP contribution is 2.22. The molecule has 0 aromatic heterocycles. The quantitative estimate of drug-likeness (QED) is 0.525. The second kappa shape index (κ2) is 9.17. The lowest BCUT2D eigenvalue weighted by Crippen LogP contribution is -2.40. The van der Waals surface area contributed by atoms with Crippen LogP contribution >= 0.6 is 22.6 Å². The molecule has 5 heteroatoms. The SMILES string of the molecule is Cc1cc(I)ccc1NC(=O)C1CCN(C(=O)/C=C/c2ccccc2)CC1. The van der Waals surface area contributed by atoms with Crippen LogP contribution in [0.15, 0.2) is 54.6 Å². The Bertz CT molecular complexity index is 841. The van der Waals surface area contributed by atoms with E-state index in [0.29, 0.717) is 25.9 Å². The molecule has 1 heterocycles. The first kappa shape index (κ1) is 19.6. The van der Waals surface area contributed by atoms with Crippen LogP contribution in [0.5, 0.6) is 0 Å². The number of hydrogen-bond acceptors (Lipinski definition) is 2. The van der Waals surface area contributed by atoms with E-state index in [9.17, 15) is 9.59 Å². The third-order valence-corrected chi connectivity index (χ3v) is 5.51. The minimum absolute atomic E-state index is 0.00573. The Morgan fingerprint density at radius 1 is 1.11 bits per heavy atom. The maximum absolute atomic E-state index is 12.6. The molecule has 140 valence electrons. The zero-order valence-corrected chi connectivity index (χ0v) is 17.5. The van der Waals surface area contributed by atoms with Crippen LogP contribution in [0.3, 0.4) is 0 Å². The summed E-state index contributed by atoms with van der Waals surface area (Å²) in [5, 5.41) is 3.04. The number of nitrogens with one attached hydrogen (secondary N) is 1. The van der Waals surface area contributed by atoms with Crippen molar-refractivity contribution in [3.8, 4) is 0 Å². The van der Waals surface area contributed by atoms with Crippen LogP contribution < -0.4 is 5.32 Å². The lowest BCUT2D eigenvalue weighted by atomic mass is 9.95.